The Bertz CT molecular complexity index is 1260. The average molecular weight is 601 g/mol. The first-order valence-corrected chi connectivity index (χ1v) is 14.9. The second-order valence-corrected chi connectivity index (χ2v) is 12.7. The first-order valence-electron chi connectivity index (χ1n) is 11.8. The normalized spacial score (nSPS) is 18.4. The Morgan fingerprint density at radius 2 is 1.86 bits per heavy atom. The summed E-state index contributed by atoms with van der Waals surface area (Å²) in [6.07, 6.45) is 0.446. The molecule has 1 aliphatic carbocycles. The Labute approximate surface area is 227 Å². The quantitative estimate of drug-likeness (QED) is 0.412. The highest BCUT2D eigenvalue weighted by atomic mass is 35.5. The maximum Gasteiger partial charge on any atom is 0.404 e. The zero-order chi connectivity index (χ0) is 27.0. The first kappa shape index (κ1) is 28.6. The number of hydrogen-bond acceptors (Lipinski definition) is 6. The largest absolute Gasteiger partial charge is 0.404 e. The van der Waals surface area contributed by atoms with Crippen LogP contribution in [-0.2, 0) is 21.2 Å². The van der Waals surface area contributed by atoms with E-state index in [1.807, 2.05) is 0 Å². The molecule has 1 amide bonds. The van der Waals surface area contributed by atoms with Crippen LogP contribution >= 0.6 is 34.5 Å². The minimum absolute atomic E-state index is 0.0159. The number of benzene rings is 1. The third-order valence-electron chi connectivity index (χ3n) is 6.56. The van der Waals surface area contributed by atoms with E-state index in [4.69, 9.17) is 27.9 Å². The lowest BCUT2D eigenvalue weighted by Gasteiger charge is -2.25. The lowest BCUT2D eigenvalue weighted by atomic mass is 9.82. The molecule has 2 fully saturated rings. The molecule has 1 atom stereocenters. The first-order chi connectivity index (χ1) is 17.4. The van der Waals surface area contributed by atoms with Crippen LogP contribution in [0.15, 0.2) is 17.0 Å². The summed E-state index contributed by atoms with van der Waals surface area (Å²) in [6, 6.07) is 0.167. The molecule has 0 bridgehead atoms. The van der Waals surface area contributed by atoms with Gasteiger partial charge in [-0.15, -0.1) is 11.3 Å². The van der Waals surface area contributed by atoms with E-state index in [-0.39, 0.29) is 22.0 Å². The molecule has 4 rings (SSSR count). The Balaban J connectivity index is 1.66. The number of ether oxygens (including phenoxy) is 1. The van der Waals surface area contributed by atoms with Crippen LogP contribution in [0.25, 0.3) is 10.4 Å². The highest BCUT2D eigenvalue weighted by Gasteiger charge is 2.39. The van der Waals surface area contributed by atoms with Gasteiger partial charge in [0.05, 0.1) is 20.6 Å². The number of halogens is 5. The van der Waals surface area contributed by atoms with E-state index in [0.29, 0.717) is 61.5 Å². The maximum atomic E-state index is 13.0. The summed E-state index contributed by atoms with van der Waals surface area (Å²) in [7, 11) is -4.62. The summed E-state index contributed by atoms with van der Waals surface area (Å²) in [4.78, 5) is 17.6. The molecule has 2 aliphatic rings. The monoisotopic (exact) mass is 599 g/mol. The highest BCUT2D eigenvalue weighted by molar-refractivity contribution is 7.89. The molecule has 1 unspecified atom stereocenters. The van der Waals surface area contributed by atoms with Gasteiger partial charge in [0.2, 0.25) is 10.0 Å². The van der Waals surface area contributed by atoms with Crippen molar-refractivity contribution in [1.29, 1.82) is 0 Å². The van der Waals surface area contributed by atoms with E-state index in [2.05, 4.69) is 10.3 Å². The van der Waals surface area contributed by atoms with Crippen LogP contribution in [0.4, 0.5) is 13.2 Å². The molecule has 7 nitrogen and oxygen atoms in total. The summed E-state index contributed by atoms with van der Waals surface area (Å²) in [5.41, 5.74) is 1.02. The Kier molecular flexibility index (Phi) is 8.76. The molecule has 1 aromatic carbocycles. The van der Waals surface area contributed by atoms with Gasteiger partial charge in [0.25, 0.3) is 5.91 Å². The maximum absolute atomic E-state index is 13.0. The van der Waals surface area contributed by atoms with Gasteiger partial charge in [-0.25, -0.2) is 13.4 Å². The fourth-order valence-electron chi connectivity index (χ4n) is 4.13. The fraction of sp³-hybridized carbons (Fsp3) is 0.565. The SMILES string of the molecule is CC(NS(=O)(=O)c1ccc(-c2sc(C(=O)NC3CCOCC3)nc2CC2CCC2)c(Cl)c1Cl)C(F)(F)F. The van der Waals surface area contributed by atoms with E-state index in [1.54, 1.807) is 4.72 Å². The van der Waals surface area contributed by atoms with Gasteiger partial charge < -0.3 is 10.1 Å². The molecule has 2 N–H and O–H groups in total. The molecule has 2 aromatic rings. The number of nitrogens with one attached hydrogen (secondary N) is 2. The zero-order valence-electron chi connectivity index (χ0n) is 19.8. The molecule has 0 spiro atoms. The number of nitrogens with zero attached hydrogens (tertiary/aromatic N) is 1. The topological polar surface area (TPSA) is 97.4 Å². The van der Waals surface area contributed by atoms with Crippen LogP contribution in [0.2, 0.25) is 10.0 Å². The Morgan fingerprint density at radius 3 is 2.46 bits per heavy atom. The highest BCUT2D eigenvalue weighted by Crippen LogP contribution is 2.43. The zero-order valence-corrected chi connectivity index (χ0v) is 23.0. The van der Waals surface area contributed by atoms with Gasteiger partial charge >= 0.3 is 6.18 Å². The molecule has 14 heteroatoms. The number of thiazole rings is 1. The van der Waals surface area contributed by atoms with Gasteiger partial charge in [-0.05, 0) is 38.2 Å². The summed E-state index contributed by atoms with van der Waals surface area (Å²) < 4.78 is 71.0. The molecule has 1 aliphatic heterocycles. The van der Waals surface area contributed by atoms with Gasteiger partial charge in [-0.3, -0.25) is 4.79 Å². The van der Waals surface area contributed by atoms with Crippen LogP contribution < -0.4 is 10.0 Å². The van der Waals surface area contributed by atoms with E-state index < -0.39 is 32.2 Å². The van der Waals surface area contributed by atoms with Crippen LogP contribution in [0.5, 0.6) is 0 Å². The molecule has 204 valence electrons. The summed E-state index contributed by atoms with van der Waals surface area (Å²) >= 11 is 13.9. The van der Waals surface area contributed by atoms with E-state index in [0.717, 1.165) is 36.7 Å². The van der Waals surface area contributed by atoms with Crippen molar-refractivity contribution in [1.82, 2.24) is 15.0 Å². The Hall–Kier alpha value is -1.44. The minimum atomic E-state index is -4.77. The number of hydrogen-bond donors (Lipinski definition) is 2. The van der Waals surface area contributed by atoms with Crippen LogP contribution in [-0.4, -0.2) is 50.8 Å². The van der Waals surface area contributed by atoms with Crippen molar-refractivity contribution < 1.29 is 31.1 Å². The molecule has 1 saturated carbocycles. The van der Waals surface area contributed by atoms with E-state index in [9.17, 15) is 26.4 Å². The molecule has 1 saturated heterocycles. The van der Waals surface area contributed by atoms with Crippen molar-refractivity contribution in [3.8, 4) is 10.4 Å². The smallest absolute Gasteiger partial charge is 0.381 e. The summed E-state index contributed by atoms with van der Waals surface area (Å²) in [5, 5.41) is 2.69. The lowest BCUT2D eigenvalue weighted by molar-refractivity contribution is -0.147. The number of aromatic nitrogens is 1. The fourth-order valence-corrected chi connectivity index (χ4v) is 7.31. The third kappa shape index (κ3) is 6.59. The van der Waals surface area contributed by atoms with Crippen molar-refractivity contribution in [2.24, 2.45) is 5.92 Å². The Morgan fingerprint density at radius 1 is 1.19 bits per heavy atom. The number of alkyl halides is 3. The molecule has 1 aromatic heterocycles. The third-order valence-corrected chi connectivity index (χ3v) is 10.3. The van der Waals surface area contributed by atoms with Crippen molar-refractivity contribution in [3.05, 3.63) is 32.9 Å². The minimum Gasteiger partial charge on any atom is -0.381 e. The van der Waals surface area contributed by atoms with Gasteiger partial charge in [-0.2, -0.15) is 17.9 Å². The number of carbonyl (C=O) groups excluding carboxylic acids is 1. The summed E-state index contributed by atoms with van der Waals surface area (Å²) in [6.45, 7) is 1.83. The van der Waals surface area contributed by atoms with Gasteiger partial charge in [0, 0.05) is 24.8 Å². The molecule has 37 heavy (non-hydrogen) atoms. The summed E-state index contributed by atoms with van der Waals surface area (Å²) in [5.74, 6) is 0.0963. The van der Waals surface area contributed by atoms with Crippen LogP contribution in [0.1, 0.15) is 54.5 Å². The van der Waals surface area contributed by atoms with E-state index in [1.165, 1.54) is 6.07 Å². The molecular weight excluding hydrogens is 574 g/mol. The number of amides is 1. The van der Waals surface area contributed by atoms with E-state index >= 15 is 0 Å². The number of rotatable bonds is 8. The van der Waals surface area contributed by atoms with Gasteiger partial charge in [-0.1, -0.05) is 48.5 Å². The molecular formula is C23H26Cl2F3N3O4S2. The predicted molar refractivity (Wildman–Crippen MR) is 136 cm³/mol. The molecule has 0 radical (unpaired) electrons. The van der Waals surface area contributed by atoms with Crippen LogP contribution in [0, 0.1) is 5.92 Å². The van der Waals surface area contributed by atoms with Crippen molar-refractivity contribution in [2.45, 2.75) is 68.6 Å². The standard InChI is InChI=1S/C23H26Cl2F3N3O4S2/c1-12(23(26,27)28)31-37(33,34)17-6-5-15(18(24)19(17)25)20-16(11-13-3-2-4-13)30-22(36-20)21(32)29-14-7-9-35-10-8-14/h5-6,12-14,31H,2-4,7-11H2,1H3,(H,29,32). The van der Waals surface area contributed by atoms with Gasteiger partial charge in [0.15, 0.2) is 5.01 Å². The van der Waals surface area contributed by atoms with Gasteiger partial charge in [0.1, 0.15) is 10.9 Å². The second kappa shape index (κ2) is 11.4. The van der Waals surface area contributed by atoms with Crippen LogP contribution in [0.3, 0.4) is 0 Å². The predicted octanol–water partition coefficient (Wildman–Crippen LogP) is 5.60. The lowest BCUT2D eigenvalue weighted by Crippen LogP contribution is -2.43. The van der Waals surface area contributed by atoms with Crippen molar-refractivity contribution in [2.75, 3.05) is 13.2 Å². The van der Waals surface area contributed by atoms with Crippen molar-refractivity contribution >= 4 is 50.5 Å². The molecule has 2 heterocycles. The van der Waals surface area contributed by atoms with Crippen molar-refractivity contribution in [3.63, 3.8) is 0 Å². The second-order valence-electron chi connectivity index (χ2n) is 9.28. The number of sulfonamides is 1. The average Bonchev–Trinajstić information content (AvgIpc) is 3.21. The number of carbonyl (C=O) groups is 1.